The molecule has 1 amide bonds. The van der Waals surface area contributed by atoms with Crippen molar-refractivity contribution in [2.24, 2.45) is 5.73 Å². The van der Waals surface area contributed by atoms with Crippen LogP contribution < -0.4 is 11.1 Å². The average Bonchev–Trinajstić information content (AvgIpc) is 2.46. The Morgan fingerprint density at radius 1 is 1.00 bits per heavy atom. The molecule has 0 aliphatic heterocycles. The monoisotopic (exact) mass is 318 g/mol. The lowest BCUT2D eigenvalue weighted by atomic mass is 10.1. The maximum atomic E-state index is 12.0. The molecule has 22 heavy (non-hydrogen) atoms. The van der Waals surface area contributed by atoms with Crippen LogP contribution in [0.2, 0.25) is 0 Å². The normalized spacial score (nSPS) is 9.95. The molecule has 0 bridgehead atoms. The molecule has 0 spiro atoms. The van der Waals surface area contributed by atoms with Crippen molar-refractivity contribution in [3.63, 3.8) is 0 Å². The van der Waals surface area contributed by atoms with Crippen molar-refractivity contribution >= 4 is 18.3 Å². The van der Waals surface area contributed by atoms with Gasteiger partial charge in [-0.3, -0.25) is 4.79 Å². The smallest absolute Gasteiger partial charge is 0.251 e. The molecule has 0 aromatic heterocycles. The van der Waals surface area contributed by atoms with Crippen molar-refractivity contribution in [1.29, 1.82) is 0 Å². The summed E-state index contributed by atoms with van der Waals surface area (Å²) in [7, 11) is 0. The lowest BCUT2D eigenvalue weighted by Gasteiger charge is -2.07. The Morgan fingerprint density at radius 3 is 2.14 bits per heavy atom. The molecule has 2 aromatic rings. The summed E-state index contributed by atoms with van der Waals surface area (Å²) in [4.78, 5) is 12.0. The Kier molecular flexibility index (Phi) is 7.09. The molecule has 118 valence electrons. The van der Waals surface area contributed by atoms with E-state index in [0.717, 1.165) is 12.0 Å². The third kappa shape index (κ3) is 5.17. The summed E-state index contributed by atoms with van der Waals surface area (Å²) in [5, 5.41) is 2.95. The summed E-state index contributed by atoms with van der Waals surface area (Å²) in [6.07, 6.45) is 0.842. The quantitative estimate of drug-likeness (QED) is 0.889. The van der Waals surface area contributed by atoms with Crippen molar-refractivity contribution in [2.45, 2.75) is 26.8 Å². The zero-order chi connectivity index (χ0) is 15.2. The van der Waals surface area contributed by atoms with Crippen molar-refractivity contribution < 1.29 is 4.79 Å². The molecule has 0 atom stereocenters. The molecule has 2 aromatic carbocycles. The first-order valence-corrected chi connectivity index (χ1v) is 7.23. The molecular weight excluding hydrogens is 296 g/mol. The molecule has 4 heteroatoms. The van der Waals surface area contributed by atoms with Gasteiger partial charge in [0.15, 0.2) is 0 Å². The van der Waals surface area contributed by atoms with Crippen LogP contribution in [0.15, 0.2) is 42.5 Å². The van der Waals surface area contributed by atoms with Gasteiger partial charge in [0.05, 0.1) is 0 Å². The highest BCUT2D eigenvalue weighted by molar-refractivity contribution is 5.94. The number of rotatable bonds is 5. The zero-order valence-corrected chi connectivity index (χ0v) is 13.9. The summed E-state index contributed by atoms with van der Waals surface area (Å²) in [6, 6.07) is 13.9. The third-order valence-corrected chi connectivity index (χ3v) is 3.43. The minimum absolute atomic E-state index is 0. The van der Waals surface area contributed by atoms with Gasteiger partial charge in [-0.15, -0.1) is 12.4 Å². The Balaban J connectivity index is 0.00000242. The van der Waals surface area contributed by atoms with E-state index in [1.165, 1.54) is 16.7 Å². The van der Waals surface area contributed by atoms with Crippen molar-refractivity contribution in [3.8, 4) is 0 Å². The number of carbonyl (C=O) groups excluding carboxylic acids is 1. The second-order valence-electron chi connectivity index (χ2n) is 5.40. The molecule has 0 fully saturated rings. The fourth-order valence-electron chi connectivity index (χ4n) is 2.43. The highest BCUT2D eigenvalue weighted by Crippen LogP contribution is 2.09. The van der Waals surface area contributed by atoms with Crippen LogP contribution in [0.1, 0.15) is 32.6 Å². The van der Waals surface area contributed by atoms with Gasteiger partial charge in [0.1, 0.15) is 0 Å². The van der Waals surface area contributed by atoms with Gasteiger partial charge in [0.25, 0.3) is 5.91 Å². The number of halogens is 1. The van der Waals surface area contributed by atoms with Gasteiger partial charge in [-0.2, -0.15) is 0 Å². The lowest BCUT2D eigenvalue weighted by Crippen LogP contribution is -2.25. The van der Waals surface area contributed by atoms with E-state index >= 15 is 0 Å². The van der Waals surface area contributed by atoms with Crippen LogP contribution in [0, 0.1) is 13.8 Å². The van der Waals surface area contributed by atoms with Gasteiger partial charge in [0, 0.05) is 18.7 Å². The van der Waals surface area contributed by atoms with E-state index in [9.17, 15) is 4.79 Å². The molecule has 0 aliphatic rings. The minimum Gasteiger partial charge on any atom is -0.352 e. The molecule has 2 rings (SSSR count). The minimum atomic E-state index is -0.0389. The summed E-state index contributed by atoms with van der Waals surface area (Å²) in [5.41, 5.74) is 11.0. The number of amides is 1. The van der Waals surface area contributed by atoms with E-state index in [1.807, 2.05) is 24.3 Å². The first-order chi connectivity index (χ1) is 10.1. The number of benzene rings is 2. The molecule has 3 nitrogen and oxygen atoms in total. The van der Waals surface area contributed by atoms with Crippen LogP contribution in [0.25, 0.3) is 0 Å². The standard InChI is InChI=1S/C18H22N2O.ClH/c1-13-9-14(2)11-16(10-13)7-8-20-18(21)17-5-3-15(12-19)4-6-17;/h3-6,9-11H,7-8,12,19H2,1-2H3,(H,20,21);1H. The maximum absolute atomic E-state index is 12.0. The molecule has 3 N–H and O–H groups in total. The topological polar surface area (TPSA) is 55.1 Å². The maximum Gasteiger partial charge on any atom is 0.251 e. The van der Waals surface area contributed by atoms with Crippen LogP contribution in [0.5, 0.6) is 0 Å². The predicted octanol–water partition coefficient (Wildman–Crippen LogP) is 3.16. The molecule has 0 radical (unpaired) electrons. The van der Waals surface area contributed by atoms with Crippen LogP contribution in [-0.2, 0) is 13.0 Å². The number of hydrogen-bond donors (Lipinski definition) is 2. The van der Waals surface area contributed by atoms with Gasteiger partial charge in [0.2, 0.25) is 0 Å². The summed E-state index contributed by atoms with van der Waals surface area (Å²) in [5.74, 6) is -0.0389. The summed E-state index contributed by atoms with van der Waals surface area (Å²) < 4.78 is 0. The number of nitrogens with two attached hydrogens (primary N) is 1. The second kappa shape index (κ2) is 8.57. The van der Waals surface area contributed by atoms with Gasteiger partial charge in [-0.25, -0.2) is 0 Å². The van der Waals surface area contributed by atoms with Gasteiger partial charge in [-0.05, 0) is 43.5 Å². The van der Waals surface area contributed by atoms with Crippen LogP contribution >= 0.6 is 12.4 Å². The van der Waals surface area contributed by atoms with Crippen molar-refractivity contribution in [1.82, 2.24) is 5.32 Å². The van der Waals surface area contributed by atoms with Crippen LogP contribution in [0.4, 0.5) is 0 Å². The molecule has 0 aliphatic carbocycles. The number of carbonyl (C=O) groups is 1. The van der Waals surface area contributed by atoms with E-state index in [2.05, 4.69) is 37.4 Å². The first-order valence-electron chi connectivity index (χ1n) is 7.23. The van der Waals surface area contributed by atoms with Gasteiger partial charge >= 0.3 is 0 Å². The van der Waals surface area contributed by atoms with E-state index in [4.69, 9.17) is 5.73 Å². The molecule has 0 saturated heterocycles. The zero-order valence-electron chi connectivity index (χ0n) is 13.1. The first kappa shape index (κ1) is 18.2. The van der Waals surface area contributed by atoms with Crippen molar-refractivity contribution in [2.75, 3.05) is 6.54 Å². The molecular formula is C18H23ClN2O. The SMILES string of the molecule is Cc1cc(C)cc(CCNC(=O)c2ccc(CN)cc2)c1.Cl. The number of aryl methyl sites for hydroxylation is 2. The van der Waals surface area contributed by atoms with Crippen molar-refractivity contribution in [3.05, 3.63) is 70.3 Å². The summed E-state index contributed by atoms with van der Waals surface area (Å²) >= 11 is 0. The largest absolute Gasteiger partial charge is 0.352 e. The Morgan fingerprint density at radius 2 is 1.59 bits per heavy atom. The highest BCUT2D eigenvalue weighted by Gasteiger charge is 2.04. The Hall–Kier alpha value is -1.84. The fraction of sp³-hybridized carbons (Fsp3) is 0.278. The third-order valence-electron chi connectivity index (χ3n) is 3.43. The van der Waals surface area contributed by atoms with Crippen LogP contribution in [-0.4, -0.2) is 12.5 Å². The Bertz CT molecular complexity index is 603. The van der Waals surface area contributed by atoms with E-state index in [1.54, 1.807) is 0 Å². The lowest BCUT2D eigenvalue weighted by molar-refractivity contribution is 0.0954. The highest BCUT2D eigenvalue weighted by atomic mass is 35.5. The van der Waals surface area contributed by atoms with E-state index in [-0.39, 0.29) is 18.3 Å². The second-order valence-corrected chi connectivity index (χ2v) is 5.40. The van der Waals surface area contributed by atoms with Gasteiger partial charge < -0.3 is 11.1 Å². The fourth-order valence-corrected chi connectivity index (χ4v) is 2.43. The van der Waals surface area contributed by atoms with Gasteiger partial charge in [-0.1, -0.05) is 41.5 Å². The van der Waals surface area contributed by atoms with E-state index < -0.39 is 0 Å². The molecule has 0 unspecified atom stereocenters. The Labute approximate surface area is 138 Å². The predicted molar refractivity (Wildman–Crippen MR) is 93.5 cm³/mol. The number of hydrogen-bond acceptors (Lipinski definition) is 2. The van der Waals surface area contributed by atoms with Crippen LogP contribution in [0.3, 0.4) is 0 Å². The summed E-state index contributed by atoms with van der Waals surface area (Å²) in [6.45, 7) is 5.32. The van der Waals surface area contributed by atoms with E-state index in [0.29, 0.717) is 18.7 Å². The molecule has 0 saturated carbocycles. The molecule has 0 heterocycles. The number of nitrogens with one attached hydrogen (secondary N) is 1. The average molecular weight is 319 g/mol.